The number of nitrogens with two attached hydrogens (primary N) is 1. The third-order valence-corrected chi connectivity index (χ3v) is 4.74. The largest absolute Gasteiger partial charge is 0.269 e. The summed E-state index contributed by atoms with van der Waals surface area (Å²) in [6.07, 6.45) is 0. The van der Waals surface area contributed by atoms with E-state index in [0.717, 1.165) is 0 Å². The third-order valence-electron chi connectivity index (χ3n) is 3.00. The van der Waals surface area contributed by atoms with E-state index in [9.17, 15) is 37.1 Å². The standard InChI is InChI=1S/C7H6ClNO4S.C7H8N2O4S/c2*8-14(12,13)5-6-1-3-7(4-2-6)9(10)11/h1-4H,5H2;1-4H,5H2,(H2,8,12,13). The van der Waals surface area contributed by atoms with Crippen LogP contribution in [0.2, 0.25) is 0 Å². The minimum Gasteiger partial charge on any atom is -0.258 e. The lowest BCUT2D eigenvalue weighted by atomic mass is 10.2. The predicted molar refractivity (Wildman–Crippen MR) is 101 cm³/mol. The van der Waals surface area contributed by atoms with Gasteiger partial charge in [-0.1, -0.05) is 24.3 Å². The number of nitro groups is 2. The zero-order chi connectivity index (χ0) is 21.5. The number of hydrogen-bond donors (Lipinski definition) is 1. The van der Waals surface area contributed by atoms with E-state index in [1.807, 2.05) is 0 Å². The summed E-state index contributed by atoms with van der Waals surface area (Å²) >= 11 is 0. The van der Waals surface area contributed by atoms with Gasteiger partial charge in [-0.15, -0.1) is 0 Å². The van der Waals surface area contributed by atoms with Gasteiger partial charge in [0.25, 0.3) is 11.4 Å². The van der Waals surface area contributed by atoms with E-state index in [-0.39, 0.29) is 22.9 Å². The van der Waals surface area contributed by atoms with Crippen molar-refractivity contribution in [3.05, 3.63) is 79.9 Å². The molecule has 0 spiro atoms. The van der Waals surface area contributed by atoms with Crippen LogP contribution in [0.3, 0.4) is 0 Å². The van der Waals surface area contributed by atoms with Gasteiger partial charge in [-0.2, -0.15) is 0 Å². The summed E-state index contributed by atoms with van der Waals surface area (Å²) in [6, 6.07) is 10.4. The highest BCUT2D eigenvalue weighted by Crippen LogP contribution is 2.15. The van der Waals surface area contributed by atoms with Gasteiger partial charge in [-0.25, -0.2) is 22.0 Å². The number of nitrogens with zero attached hydrogens (tertiary/aromatic N) is 2. The molecule has 0 saturated heterocycles. The Bertz CT molecular complexity index is 965. The van der Waals surface area contributed by atoms with Crippen LogP contribution >= 0.6 is 10.7 Å². The lowest BCUT2D eigenvalue weighted by molar-refractivity contribution is -0.385. The Kier molecular flexibility index (Phi) is 7.99. The van der Waals surface area contributed by atoms with Gasteiger partial charge >= 0.3 is 0 Å². The fraction of sp³-hybridized carbons (Fsp3) is 0.143. The van der Waals surface area contributed by atoms with E-state index < -0.39 is 28.9 Å². The van der Waals surface area contributed by atoms with E-state index in [4.69, 9.17) is 15.8 Å². The van der Waals surface area contributed by atoms with Gasteiger partial charge in [0.2, 0.25) is 19.1 Å². The molecule has 2 aromatic carbocycles. The average molecular weight is 452 g/mol. The molecule has 2 N–H and O–H groups in total. The first-order valence-corrected chi connectivity index (χ1v) is 11.4. The van der Waals surface area contributed by atoms with Crippen molar-refractivity contribution in [1.82, 2.24) is 0 Å². The summed E-state index contributed by atoms with van der Waals surface area (Å²) in [6.45, 7) is 0. The zero-order valence-corrected chi connectivity index (χ0v) is 16.4. The van der Waals surface area contributed by atoms with Crippen LogP contribution in [-0.2, 0) is 30.6 Å². The molecule has 0 aromatic heterocycles. The van der Waals surface area contributed by atoms with Crippen molar-refractivity contribution < 1.29 is 26.7 Å². The normalized spacial score (nSPS) is 11.2. The molecule has 14 heteroatoms. The van der Waals surface area contributed by atoms with Gasteiger partial charge in [-0.05, 0) is 11.1 Å². The van der Waals surface area contributed by atoms with E-state index in [1.165, 1.54) is 48.5 Å². The highest BCUT2D eigenvalue weighted by molar-refractivity contribution is 8.13. The maximum absolute atomic E-state index is 10.7. The molecule has 0 heterocycles. The Morgan fingerprint density at radius 1 is 0.750 bits per heavy atom. The number of hydrogen-bond acceptors (Lipinski definition) is 8. The van der Waals surface area contributed by atoms with Crippen LogP contribution in [0.5, 0.6) is 0 Å². The second-order valence-corrected chi connectivity index (χ2v) is 9.73. The first-order chi connectivity index (χ1) is 12.8. The zero-order valence-electron chi connectivity index (χ0n) is 14.0. The summed E-state index contributed by atoms with van der Waals surface area (Å²) in [4.78, 5) is 19.4. The van der Waals surface area contributed by atoms with Gasteiger partial charge in [-0.3, -0.25) is 20.2 Å². The summed E-state index contributed by atoms with van der Waals surface area (Å²) < 4.78 is 42.6. The smallest absolute Gasteiger partial charge is 0.258 e. The van der Waals surface area contributed by atoms with Crippen molar-refractivity contribution in [3.8, 4) is 0 Å². The summed E-state index contributed by atoms with van der Waals surface area (Å²) in [5, 5.41) is 25.3. The molecule has 0 atom stereocenters. The van der Waals surface area contributed by atoms with Gasteiger partial charge in [0.1, 0.15) is 0 Å². The molecule has 0 amide bonds. The molecule has 0 radical (unpaired) electrons. The monoisotopic (exact) mass is 451 g/mol. The number of halogens is 1. The van der Waals surface area contributed by atoms with Crippen LogP contribution in [0.1, 0.15) is 11.1 Å². The van der Waals surface area contributed by atoms with Crippen molar-refractivity contribution in [2.45, 2.75) is 11.5 Å². The molecule has 2 aromatic rings. The Morgan fingerprint density at radius 3 is 1.32 bits per heavy atom. The molecule has 0 aliphatic heterocycles. The van der Waals surface area contributed by atoms with Crippen molar-refractivity contribution >= 4 is 41.1 Å². The van der Waals surface area contributed by atoms with Gasteiger partial charge in [0, 0.05) is 34.9 Å². The fourth-order valence-electron chi connectivity index (χ4n) is 1.86. The van der Waals surface area contributed by atoms with Crippen LogP contribution in [0.4, 0.5) is 11.4 Å². The molecule has 0 unspecified atom stereocenters. The third kappa shape index (κ3) is 9.36. The predicted octanol–water partition coefficient (Wildman–Crippen LogP) is 2.05. The van der Waals surface area contributed by atoms with Crippen molar-refractivity contribution in [3.63, 3.8) is 0 Å². The minimum absolute atomic E-state index is 0.0804. The molecule has 0 fully saturated rings. The highest BCUT2D eigenvalue weighted by Gasteiger charge is 2.09. The Labute approximate surface area is 164 Å². The lowest BCUT2D eigenvalue weighted by Crippen LogP contribution is -2.14. The summed E-state index contributed by atoms with van der Waals surface area (Å²) in [7, 11) is -2.18. The van der Waals surface area contributed by atoms with E-state index in [1.54, 1.807) is 0 Å². The Morgan fingerprint density at radius 2 is 1.07 bits per heavy atom. The second-order valence-electron chi connectivity index (χ2n) is 5.34. The maximum Gasteiger partial charge on any atom is 0.269 e. The van der Waals surface area contributed by atoms with E-state index in [0.29, 0.717) is 11.1 Å². The number of nitro benzene ring substituents is 2. The molecule has 0 saturated carbocycles. The molecule has 0 bridgehead atoms. The quantitative estimate of drug-likeness (QED) is 0.393. The van der Waals surface area contributed by atoms with Crippen LogP contribution in [-0.4, -0.2) is 26.7 Å². The molecular weight excluding hydrogens is 438 g/mol. The topological polar surface area (TPSA) is 181 Å². The lowest BCUT2D eigenvalue weighted by Gasteiger charge is -1.97. The Hall–Kier alpha value is -2.61. The molecule has 0 aliphatic carbocycles. The highest BCUT2D eigenvalue weighted by atomic mass is 35.7. The molecule has 0 aliphatic rings. The van der Waals surface area contributed by atoms with E-state index in [2.05, 4.69) is 0 Å². The summed E-state index contributed by atoms with van der Waals surface area (Å²) in [5.41, 5.74) is 0.688. The molecule has 28 heavy (non-hydrogen) atoms. The minimum atomic E-state index is -3.61. The molecule has 152 valence electrons. The first-order valence-electron chi connectivity index (χ1n) is 7.16. The first kappa shape index (κ1) is 23.4. The maximum atomic E-state index is 10.7. The number of sulfonamides is 1. The number of benzene rings is 2. The number of rotatable bonds is 6. The molecule has 11 nitrogen and oxygen atoms in total. The number of primary sulfonamides is 1. The van der Waals surface area contributed by atoms with Crippen LogP contribution in [0, 0.1) is 20.2 Å². The molecule has 2 rings (SSSR count). The fourth-order valence-corrected chi connectivity index (χ4v) is 3.48. The van der Waals surface area contributed by atoms with Gasteiger partial charge < -0.3 is 0 Å². The average Bonchev–Trinajstić information content (AvgIpc) is 2.53. The van der Waals surface area contributed by atoms with Crippen molar-refractivity contribution in [1.29, 1.82) is 0 Å². The Balaban J connectivity index is 0.000000280. The van der Waals surface area contributed by atoms with Gasteiger partial charge in [0.15, 0.2) is 0 Å². The van der Waals surface area contributed by atoms with Crippen molar-refractivity contribution in [2.24, 2.45) is 5.14 Å². The number of non-ortho nitro benzene ring substituents is 2. The summed E-state index contributed by atoms with van der Waals surface area (Å²) in [5.74, 6) is -0.641. The van der Waals surface area contributed by atoms with Crippen LogP contribution in [0.15, 0.2) is 48.5 Å². The van der Waals surface area contributed by atoms with Crippen LogP contribution in [0.25, 0.3) is 0 Å². The van der Waals surface area contributed by atoms with E-state index >= 15 is 0 Å². The van der Waals surface area contributed by atoms with Gasteiger partial charge in [0.05, 0.1) is 21.4 Å². The second kappa shape index (κ2) is 9.54. The molecular formula is C14H14ClN3O8S2. The van der Waals surface area contributed by atoms with Crippen LogP contribution < -0.4 is 5.14 Å². The SMILES string of the molecule is NS(=O)(=O)Cc1ccc([N+](=O)[O-])cc1.O=[N+]([O-])c1ccc(CS(=O)(=O)Cl)cc1. The van der Waals surface area contributed by atoms with Crippen molar-refractivity contribution in [2.75, 3.05) is 0 Å².